The van der Waals surface area contributed by atoms with E-state index >= 15 is 0 Å². The van der Waals surface area contributed by atoms with Gasteiger partial charge in [-0.2, -0.15) is 5.10 Å². The van der Waals surface area contributed by atoms with E-state index in [2.05, 4.69) is 10.4 Å². The number of hydrogen-bond donors (Lipinski definition) is 1. The Hall–Kier alpha value is -2.95. The standard InChI is InChI=1S/C17H15N3O2/c1-12(17(22)19-13-7-3-2-4-8-13)20-15-10-6-5-9-14(15)16(21)11-18-20/h2-12H,1H3,(H,19,22)/t12-/m1/s1. The quantitative estimate of drug-likeness (QED) is 0.807. The van der Waals surface area contributed by atoms with Crippen molar-refractivity contribution < 1.29 is 4.79 Å². The van der Waals surface area contributed by atoms with Gasteiger partial charge in [0.15, 0.2) is 0 Å². The SMILES string of the molecule is C[C@H](C(=O)Nc1ccccc1)n1ncc(=O)c2ccccc21. The molecule has 0 radical (unpaired) electrons. The van der Waals surface area contributed by atoms with Crippen LogP contribution in [0.15, 0.2) is 65.6 Å². The highest BCUT2D eigenvalue weighted by Crippen LogP contribution is 2.15. The maximum atomic E-state index is 12.4. The van der Waals surface area contributed by atoms with E-state index in [0.29, 0.717) is 10.9 Å². The predicted molar refractivity (Wildman–Crippen MR) is 85.8 cm³/mol. The van der Waals surface area contributed by atoms with E-state index in [1.807, 2.05) is 36.4 Å². The Kier molecular flexibility index (Phi) is 3.70. The van der Waals surface area contributed by atoms with E-state index in [4.69, 9.17) is 0 Å². The lowest BCUT2D eigenvalue weighted by molar-refractivity contribution is -0.119. The lowest BCUT2D eigenvalue weighted by atomic mass is 10.2. The van der Waals surface area contributed by atoms with E-state index < -0.39 is 6.04 Å². The first-order chi connectivity index (χ1) is 10.7. The van der Waals surface area contributed by atoms with Crippen molar-refractivity contribution in [3.63, 3.8) is 0 Å². The van der Waals surface area contributed by atoms with Crippen LogP contribution in [-0.4, -0.2) is 15.7 Å². The summed E-state index contributed by atoms with van der Waals surface area (Å²) in [5.41, 5.74) is 1.22. The average Bonchev–Trinajstić information content (AvgIpc) is 2.56. The van der Waals surface area contributed by atoms with Crippen molar-refractivity contribution in [2.24, 2.45) is 0 Å². The number of anilines is 1. The summed E-state index contributed by atoms with van der Waals surface area (Å²) in [7, 11) is 0. The van der Waals surface area contributed by atoms with Gasteiger partial charge in [-0.25, -0.2) is 0 Å². The van der Waals surface area contributed by atoms with Gasteiger partial charge in [0.1, 0.15) is 6.04 Å². The molecule has 0 saturated carbocycles. The van der Waals surface area contributed by atoms with Crippen molar-refractivity contribution in [3.05, 3.63) is 71.0 Å². The molecule has 3 rings (SSSR count). The van der Waals surface area contributed by atoms with E-state index in [9.17, 15) is 9.59 Å². The zero-order chi connectivity index (χ0) is 15.5. The van der Waals surface area contributed by atoms with Crippen LogP contribution in [0.1, 0.15) is 13.0 Å². The fourth-order valence-electron chi connectivity index (χ4n) is 2.32. The summed E-state index contributed by atoms with van der Waals surface area (Å²) in [5.74, 6) is -0.187. The Labute approximate surface area is 127 Å². The number of carbonyl (C=O) groups excluding carboxylic acids is 1. The molecule has 0 fully saturated rings. The van der Waals surface area contributed by atoms with Gasteiger partial charge in [-0.05, 0) is 31.2 Å². The molecule has 3 aromatic rings. The number of nitrogens with one attached hydrogen (secondary N) is 1. The Morgan fingerprint density at radius 2 is 1.77 bits per heavy atom. The van der Waals surface area contributed by atoms with Gasteiger partial charge < -0.3 is 5.32 Å². The molecule has 1 heterocycles. The highest BCUT2D eigenvalue weighted by atomic mass is 16.2. The monoisotopic (exact) mass is 293 g/mol. The van der Waals surface area contributed by atoms with Crippen LogP contribution in [0.4, 0.5) is 5.69 Å². The maximum absolute atomic E-state index is 12.4. The van der Waals surface area contributed by atoms with Crippen LogP contribution in [0.25, 0.3) is 10.9 Å². The van der Waals surface area contributed by atoms with Crippen LogP contribution < -0.4 is 10.7 Å². The third-order valence-corrected chi connectivity index (χ3v) is 3.50. The van der Waals surface area contributed by atoms with Crippen molar-refractivity contribution in [1.29, 1.82) is 0 Å². The second kappa shape index (κ2) is 5.81. The topological polar surface area (TPSA) is 64.0 Å². The molecule has 0 aliphatic heterocycles. The smallest absolute Gasteiger partial charge is 0.248 e. The lowest BCUT2D eigenvalue weighted by Gasteiger charge is -2.16. The average molecular weight is 293 g/mol. The lowest BCUT2D eigenvalue weighted by Crippen LogP contribution is -2.26. The number of para-hydroxylation sites is 2. The minimum absolute atomic E-state index is 0.150. The molecule has 0 unspecified atom stereocenters. The molecule has 0 bridgehead atoms. The van der Waals surface area contributed by atoms with Crippen LogP contribution in [0.2, 0.25) is 0 Å². The first-order valence-electron chi connectivity index (χ1n) is 6.99. The molecule has 1 amide bonds. The molecule has 0 spiro atoms. The molecule has 110 valence electrons. The minimum atomic E-state index is -0.536. The summed E-state index contributed by atoms with van der Waals surface area (Å²) in [5, 5.41) is 7.51. The molecule has 1 atom stereocenters. The van der Waals surface area contributed by atoms with Gasteiger partial charge in [0.05, 0.1) is 11.7 Å². The third kappa shape index (κ3) is 2.61. The van der Waals surface area contributed by atoms with Gasteiger partial charge in [0.2, 0.25) is 11.3 Å². The first kappa shape index (κ1) is 14.0. The minimum Gasteiger partial charge on any atom is -0.324 e. The molecule has 5 heteroatoms. The molecule has 5 nitrogen and oxygen atoms in total. The highest BCUT2D eigenvalue weighted by Gasteiger charge is 2.17. The number of benzene rings is 2. The molecule has 0 saturated heterocycles. The van der Waals surface area contributed by atoms with Crippen molar-refractivity contribution in [1.82, 2.24) is 9.78 Å². The fourth-order valence-corrected chi connectivity index (χ4v) is 2.32. The molecule has 2 aromatic carbocycles. The normalized spacial score (nSPS) is 12.0. The molecule has 1 N–H and O–H groups in total. The zero-order valence-electron chi connectivity index (χ0n) is 12.1. The molecular formula is C17H15N3O2. The van der Waals surface area contributed by atoms with Gasteiger partial charge in [-0.3, -0.25) is 14.3 Å². The molecule has 0 aliphatic carbocycles. The van der Waals surface area contributed by atoms with Crippen molar-refractivity contribution in [3.8, 4) is 0 Å². The number of nitrogens with zero attached hydrogens (tertiary/aromatic N) is 2. The van der Waals surface area contributed by atoms with E-state index in [1.165, 1.54) is 6.20 Å². The van der Waals surface area contributed by atoms with Gasteiger partial charge in [-0.15, -0.1) is 0 Å². The first-order valence-corrected chi connectivity index (χ1v) is 6.99. The molecule has 0 aliphatic rings. The Morgan fingerprint density at radius 1 is 1.09 bits per heavy atom. The predicted octanol–water partition coefficient (Wildman–Crippen LogP) is 2.60. The van der Waals surface area contributed by atoms with Crippen molar-refractivity contribution in [2.45, 2.75) is 13.0 Å². The van der Waals surface area contributed by atoms with Gasteiger partial charge in [0.25, 0.3) is 0 Å². The summed E-state index contributed by atoms with van der Waals surface area (Å²) in [6.07, 6.45) is 1.24. The van der Waals surface area contributed by atoms with E-state index in [0.717, 1.165) is 5.69 Å². The summed E-state index contributed by atoms with van der Waals surface area (Å²) < 4.78 is 1.56. The Morgan fingerprint density at radius 3 is 2.55 bits per heavy atom. The van der Waals surface area contributed by atoms with Gasteiger partial charge >= 0.3 is 0 Å². The zero-order valence-corrected chi connectivity index (χ0v) is 12.1. The van der Waals surface area contributed by atoms with Crippen LogP contribution in [-0.2, 0) is 4.79 Å². The summed E-state index contributed by atoms with van der Waals surface area (Å²) in [6.45, 7) is 1.75. The van der Waals surface area contributed by atoms with Crippen LogP contribution in [0.5, 0.6) is 0 Å². The van der Waals surface area contributed by atoms with E-state index in [1.54, 1.807) is 29.8 Å². The number of aromatic nitrogens is 2. The summed E-state index contributed by atoms with van der Waals surface area (Å²) in [6, 6.07) is 15.8. The van der Waals surface area contributed by atoms with Crippen LogP contribution >= 0.6 is 0 Å². The molecular weight excluding hydrogens is 278 g/mol. The van der Waals surface area contributed by atoms with Crippen molar-refractivity contribution in [2.75, 3.05) is 5.32 Å². The third-order valence-electron chi connectivity index (χ3n) is 3.50. The van der Waals surface area contributed by atoms with Gasteiger partial charge in [0, 0.05) is 11.1 Å². The maximum Gasteiger partial charge on any atom is 0.248 e. The van der Waals surface area contributed by atoms with Crippen molar-refractivity contribution >= 4 is 22.5 Å². The second-order valence-corrected chi connectivity index (χ2v) is 5.00. The second-order valence-electron chi connectivity index (χ2n) is 5.00. The summed E-state index contributed by atoms with van der Waals surface area (Å²) >= 11 is 0. The fraction of sp³-hybridized carbons (Fsp3) is 0.118. The Bertz CT molecular complexity index is 872. The summed E-state index contributed by atoms with van der Waals surface area (Å²) in [4.78, 5) is 24.2. The molecule has 22 heavy (non-hydrogen) atoms. The van der Waals surface area contributed by atoms with Gasteiger partial charge in [-0.1, -0.05) is 30.3 Å². The van der Waals surface area contributed by atoms with E-state index in [-0.39, 0.29) is 11.3 Å². The number of carbonyl (C=O) groups is 1. The van der Waals surface area contributed by atoms with Crippen LogP contribution in [0.3, 0.4) is 0 Å². The molecule has 1 aromatic heterocycles. The number of fused-ring (bicyclic) bond motifs is 1. The number of hydrogen-bond acceptors (Lipinski definition) is 3. The highest BCUT2D eigenvalue weighted by molar-refractivity contribution is 5.94. The number of amides is 1. The van der Waals surface area contributed by atoms with Crippen LogP contribution in [0, 0.1) is 0 Å². The Balaban J connectivity index is 1.95. The number of rotatable bonds is 3. The largest absolute Gasteiger partial charge is 0.324 e.